The molecule has 74 valence electrons. The van der Waals surface area contributed by atoms with Gasteiger partial charge in [-0.3, -0.25) is 0 Å². The molecule has 1 unspecified atom stereocenters. The lowest BCUT2D eigenvalue weighted by atomic mass is 10.0. The summed E-state index contributed by atoms with van der Waals surface area (Å²) in [5.74, 6) is 0.705. The Balaban J connectivity index is 2.40. The van der Waals surface area contributed by atoms with Gasteiger partial charge >= 0.3 is 0 Å². The molecular weight excluding hydrogens is 178 g/mol. The summed E-state index contributed by atoms with van der Waals surface area (Å²) in [6.07, 6.45) is 2.16. The second-order valence-electron chi connectivity index (χ2n) is 4.11. The molecule has 0 amide bonds. The monoisotopic (exact) mass is 197 g/mol. The van der Waals surface area contributed by atoms with E-state index >= 15 is 0 Å². The molecule has 0 saturated heterocycles. The summed E-state index contributed by atoms with van der Waals surface area (Å²) in [5, 5.41) is 0. The third kappa shape index (κ3) is 3.92. The minimum atomic E-state index is 0.332. The second-order valence-corrected chi connectivity index (χ2v) is 5.48. The van der Waals surface area contributed by atoms with E-state index in [1.807, 2.05) is 11.3 Å². The van der Waals surface area contributed by atoms with Gasteiger partial charge in [0, 0.05) is 15.8 Å². The smallest absolute Gasteiger partial charge is 0.00896 e. The van der Waals surface area contributed by atoms with Crippen LogP contribution in [0, 0.1) is 12.8 Å². The SMILES string of the molecule is Cc1ccc(CC(N)CC(C)C)s1. The van der Waals surface area contributed by atoms with Crippen molar-refractivity contribution in [3.05, 3.63) is 21.9 Å². The van der Waals surface area contributed by atoms with E-state index in [1.54, 1.807) is 0 Å². The van der Waals surface area contributed by atoms with E-state index in [0.29, 0.717) is 12.0 Å². The number of nitrogens with two attached hydrogens (primary N) is 1. The Morgan fingerprint density at radius 1 is 1.38 bits per heavy atom. The Kier molecular flexibility index (Phi) is 3.94. The van der Waals surface area contributed by atoms with Gasteiger partial charge < -0.3 is 5.73 Å². The van der Waals surface area contributed by atoms with Crippen LogP contribution in [0.3, 0.4) is 0 Å². The molecule has 0 aromatic carbocycles. The first-order valence-corrected chi connectivity index (χ1v) is 5.70. The highest BCUT2D eigenvalue weighted by Crippen LogP contribution is 2.18. The van der Waals surface area contributed by atoms with E-state index in [1.165, 1.54) is 9.75 Å². The van der Waals surface area contributed by atoms with Gasteiger partial charge in [0.2, 0.25) is 0 Å². The fourth-order valence-corrected chi connectivity index (χ4v) is 2.53. The molecule has 1 atom stereocenters. The Bertz CT molecular complexity index is 252. The summed E-state index contributed by atoms with van der Waals surface area (Å²) >= 11 is 1.86. The van der Waals surface area contributed by atoms with Gasteiger partial charge in [-0.25, -0.2) is 0 Å². The van der Waals surface area contributed by atoms with Crippen molar-refractivity contribution in [1.29, 1.82) is 0 Å². The molecule has 0 fully saturated rings. The van der Waals surface area contributed by atoms with Crippen LogP contribution in [-0.4, -0.2) is 6.04 Å². The van der Waals surface area contributed by atoms with E-state index in [0.717, 1.165) is 12.8 Å². The highest BCUT2D eigenvalue weighted by Gasteiger charge is 2.07. The Hall–Kier alpha value is -0.340. The topological polar surface area (TPSA) is 26.0 Å². The summed E-state index contributed by atoms with van der Waals surface area (Å²) in [6, 6.07) is 4.69. The van der Waals surface area contributed by atoms with Crippen LogP contribution in [0.5, 0.6) is 0 Å². The Labute approximate surface area is 85.0 Å². The first-order valence-electron chi connectivity index (χ1n) is 4.89. The second kappa shape index (κ2) is 4.77. The van der Waals surface area contributed by atoms with Gasteiger partial charge in [-0.15, -0.1) is 11.3 Å². The van der Waals surface area contributed by atoms with Crippen molar-refractivity contribution in [1.82, 2.24) is 0 Å². The van der Waals surface area contributed by atoms with Gasteiger partial charge in [0.15, 0.2) is 0 Å². The van der Waals surface area contributed by atoms with Crippen molar-refractivity contribution in [2.45, 2.75) is 39.7 Å². The van der Waals surface area contributed by atoms with Crippen LogP contribution in [0.1, 0.15) is 30.0 Å². The molecule has 1 heterocycles. The predicted octanol–water partition coefficient (Wildman–Crippen LogP) is 2.97. The van der Waals surface area contributed by atoms with Gasteiger partial charge in [-0.1, -0.05) is 13.8 Å². The van der Waals surface area contributed by atoms with Crippen LogP contribution in [0.2, 0.25) is 0 Å². The van der Waals surface area contributed by atoms with Crippen molar-refractivity contribution in [2.24, 2.45) is 11.7 Å². The molecule has 1 rings (SSSR count). The molecule has 1 aromatic rings. The van der Waals surface area contributed by atoms with Gasteiger partial charge in [0.05, 0.1) is 0 Å². The van der Waals surface area contributed by atoms with Crippen LogP contribution < -0.4 is 5.73 Å². The maximum Gasteiger partial charge on any atom is 0.00896 e. The Morgan fingerprint density at radius 3 is 2.54 bits per heavy atom. The van der Waals surface area contributed by atoms with Crippen LogP contribution in [0.4, 0.5) is 0 Å². The summed E-state index contributed by atoms with van der Waals surface area (Å²) in [4.78, 5) is 2.80. The molecule has 1 aromatic heterocycles. The van der Waals surface area contributed by atoms with Crippen molar-refractivity contribution in [2.75, 3.05) is 0 Å². The van der Waals surface area contributed by atoms with Crippen molar-refractivity contribution < 1.29 is 0 Å². The molecule has 0 aliphatic rings. The number of hydrogen-bond donors (Lipinski definition) is 1. The number of aryl methyl sites for hydroxylation is 1. The molecule has 13 heavy (non-hydrogen) atoms. The van der Waals surface area contributed by atoms with Crippen molar-refractivity contribution in [3.8, 4) is 0 Å². The van der Waals surface area contributed by atoms with Gasteiger partial charge in [-0.05, 0) is 37.8 Å². The summed E-state index contributed by atoms with van der Waals surface area (Å²) in [6.45, 7) is 6.58. The largest absolute Gasteiger partial charge is 0.327 e. The molecule has 1 nitrogen and oxygen atoms in total. The molecule has 0 saturated carbocycles. The first-order chi connectivity index (χ1) is 6.08. The average Bonchev–Trinajstić information content (AvgIpc) is 2.33. The lowest BCUT2D eigenvalue weighted by Gasteiger charge is -2.12. The van der Waals surface area contributed by atoms with Crippen molar-refractivity contribution in [3.63, 3.8) is 0 Å². The summed E-state index contributed by atoms with van der Waals surface area (Å²) in [5.41, 5.74) is 6.02. The molecular formula is C11H19NS. The lowest BCUT2D eigenvalue weighted by molar-refractivity contribution is 0.495. The highest BCUT2D eigenvalue weighted by molar-refractivity contribution is 7.11. The van der Waals surface area contributed by atoms with E-state index < -0.39 is 0 Å². The third-order valence-corrected chi connectivity index (χ3v) is 3.06. The molecule has 0 bridgehead atoms. The van der Waals surface area contributed by atoms with E-state index in [-0.39, 0.29) is 0 Å². The van der Waals surface area contributed by atoms with Gasteiger partial charge in [-0.2, -0.15) is 0 Å². The van der Waals surface area contributed by atoms with Crippen LogP contribution in [0.25, 0.3) is 0 Å². The van der Waals surface area contributed by atoms with E-state index in [9.17, 15) is 0 Å². The number of thiophene rings is 1. The lowest BCUT2D eigenvalue weighted by Crippen LogP contribution is -2.24. The van der Waals surface area contributed by atoms with E-state index in [4.69, 9.17) is 5.73 Å². The van der Waals surface area contributed by atoms with Crippen LogP contribution in [0.15, 0.2) is 12.1 Å². The quantitative estimate of drug-likeness (QED) is 0.789. The fraction of sp³-hybridized carbons (Fsp3) is 0.636. The minimum Gasteiger partial charge on any atom is -0.327 e. The maximum absolute atomic E-state index is 6.02. The van der Waals surface area contributed by atoms with Crippen LogP contribution >= 0.6 is 11.3 Å². The Morgan fingerprint density at radius 2 is 2.08 bits per heavy atom. The summed E-state index contributed by atoms with van der Waals surface area (Å²) in [7, 11) is 0. The normalized spacial score (nSPS) is 13.6. The van der Waals surface area contributed by atoms with Crippen molar-refractivity contribution >= 4 is 11.3 Å². The minimum absolute atomic E-state index is 0.332. The first kappa shape index (κ1) is 10.7. The molecule has 0 spiro atoms. The zero-order chi connectivity index (χ0) is 9.84. The zero-order valence-electron chi connectivity index (χ0n) is 8.71. The zero-order valence-corrected chi connectivity index (χ0v) is 9.53. The van der Waals surface area contributed by atoms with Crippen LogP contribution in [-0.2, 0) is 6.42 Å². The highest BCUT2D eigenvalue weighted by atomic mass is 32.1. The standard InChI is InChI=1S/C11H19NS/c1-8(2)6-10(12)7-11-5-4-9(3)13-11/h4-5,8,10H,6-7,12H2,1-3H3. The van der Waals surface area contributed by atoms with Gasteiger partial charge in [0.25, 0.3) is 0 Å². The molecule has 0 aliphatic carbocycles. The van der Waals surface area contributed by atoms with E-state index in [2.05, 4.69) is 32.9 Å². The number of rotatable bonds is 4. The third-order valence-electron chi connectivity index (χ3n) is 2.03. The maximum atomic E-state index is 6.02. The molecule has 2 heteroatoms. The molecule has 0 radical (unpaired) electrons. The number of hydrogen-bond acceptors (Lipinski definition) is 2. The average molecular weight is 197 g/mol. The van der Waals surface area contributed by atoms with Gasteiger partial charge in [0.1, 0.15) is 0 Å². The predicted molar refractivity (Wildman–Crippen MR) is 60.2 cm³/mol. The fourth-order valence-electron chi connectivity index (χ4n) is 1.54. The summed E-state index contributed by atoms with van der Waals surface area (Å²) < 4.78 is 0. The molecule has 2 N–H and O–H groups in total. The molecule has 0 aliphatic heterocycles.